The Hall–Kier alpha value is -1.80. The maximum absolute atomic E-state index is 10.7. The van der Waals surface area contributed by atoms with E-state index >= 15 is 0 Å². The van der Waals surface area contributed by atoms with Crippen LogP contribution in [0.25, 0.3) is 11.5 Å². The number of nitrogens with zero attached hydrogens (tertiary/aromatic N) is 3. The Morgan fingerprint density at radius 2 is 2.30 bits per heavy atom. The fourth-order valence-corrected chi connectivity index (χ4v) is 2.15. The predicted octanol–water partition coefficient (Wildman–Crippen LogP) is 2.56. The lowest BCUT2D eigenvalue weighted by Crippen LogP contribution is -2.24. The first-order valence-corrected chi connectivity index (χ1v) is 6.74. The highest BCUT2D eigenvalue weighted by molar-refractivity contribution is 9.10. The summed E-state index contributed by atoms with van der Waals surface area (Å²) in [4.78, 5) is 14.5. The quantitative estimate of drug-likeness (QED) is 0.663. The highest BCUT2D eigenvalue weighted by Gasteiger charge is 2.16. The van der Waals surface area contributed by atoms with Gasteiger partial charge < -0.3 is 9.84 Å². The Morgan fingerprint density at radius 3 is 2.90 bits per heavy atom. The molecule has 0 saturated heterocycles. The Labute approximate surface area is 123 Å². The van der Waals surface area contributed by atoms with E-state index in [9.17, 15) is 10.1 Å². The fourth-order valence-electron chi connectivity index (χ4n) is 1.61. The molecule has 1 heterocycles. The van der Waals surface area contributed by atoms with Gasteiger partial charge in [0.15, 0.2) is 5.82 Å². The maximum Gasteiger partial charge on any atom is 0.270 e. The van der Waals surface area contributed by atoms with E-state index in [1.807, 2.05) is 14.0 Å². The molecule has 0 spiro atoms. The number of rotatable bonds is 5. The molecule has 0 aliphatic carbocycles. The highest BCUT2D eigenvalue weighted by Crippen LogP contribution is 2.30. The molecule has 1 N–H and O–H groups in total. The molecular formula is C12H13BrN4O3. The Balaban J connectivity index is 2.26. The summed E-state index contributed by atoms with van der Waals surface area (Å²) >= 11 is 3.28. The molecule has 2 rings (SSSR count). The standard InChI is InChI=1S/C12H13BrN4O3/c1-7(14-2)5-11-15-12(20-16-11)9-4-3-8(17(18)19)6-10(9)13/h3-4,6-7,14H,5H2,1-2H3. The number of halogens is 1. The highest BCUT2D eigenvalue weighted by atomic mass is 79.9. The van der Waals surface area contributed by atoms with Crippen LogP contribution in [0.2, 0.25) is 0 Å². The SMILES string of the molecule is CNC(C)Cc1noc(-c2ccc([N+](=O)[O-])cc2Br)n1. The minimum absolute atomic E-state index is 0.00386. The number of nitro groups is 1. The third-order valence-corrected chi connectivity index (χ3v) is 3.50. The fraction of sp³-hybridized carbons (Fsp3) is 0.333. The molecule has 1 aromatic carbocycles. The molecule has 1 atom stereocenters. The van der Waals surface area contributed by atoms with Crippen molar-refractivity contribution < 1.29 is 9.45 Å². The predicted molar refractivity (Wildman–Crippen MR) is 76.3 cm³/mol. The summed E-state index contributed by atoms with van der Waals surface area (Å²) in [6.45, 7) is 2.01. The Bertz CT molecular complexity index is 629. The molecule has 1 unspecified atom stereocenters. The first-order valence-electron chi connectivity index (χ1n) is 5.95. The average molecular weight is 341 g/mol. The monoisotopic (exact) mass is 340 g/mol. The minimum Gasteiger partial charge on any atom is -0.334 e. The summed E-state index contributed by atoms with van der Waals surface area (Å²) < 4.78 is 5.73. The van der Waals surface area contributed by atoms with Crippen LogP contribution in [-0.4, -0.2) is 28.2 Å². The van der Waals surface area contributed by atoms with Crippen molar-refractivity contribution in [2.75, 3.05) is 7.05 Å². The van der Waals surface area contributed by atoms with Gasteiger partial charge in [0, 0.05) is 29.1 Å². The van der Waals surface area contributed by atoms with E-state index in [0.717, 1.165) is 0 Å². The van der Waals surface area contributed by atoms with Gasteiger partial charge in [-0.3, -0.25) is 10.1 Å². The average Bonchev–Trinajstić information content (AvgIpc) is 2.86. The zero-order valence-electron chi connectivity index (χ0n) is 11.0. The summed E-state index contributed by atoms with van der Waals surface area (Å²) in [6, 6.07) is 4.64. The van der Waals surface area contributed by atoms with Gasteiger partial charge in [0.05, 0.1) is 10.5 Å². The molecule has 8 heteroatoms. The van der Waals surface area contributed by atoms with E-state index in [0.29, 0.717) is 28.2 Å². The number of non-ortho nitro benzene ring substituents is 1. The normalized spacial score (nSPS) is 12.3. The third-order valence-electron chi connectivity index (χ3n) is 2.84. The van der Waals surface area contributed by atoms with Crippen LogP contribution in [0.1, 0.15) is 12.7 Å². The number of aromatic nitrogens is 2. The molecule has 1 aromatic heterocycles. The van der Waals surface area contributed by atoms with Gasteiger partial charge in [-0.05, 0) is 36.0 Å². The van der Waals surface area contributed by atoms with Crippen molar-refractivity contribution in [2.24, 2.45) is 0 Å². The molecule has 0 radical (unpaired) electrons. The van der Waals surface area contributed by atoms with Crippen LogP contribution in [0.5, 0.6) is 0 Å². The van der Waals surface area contributed by atoms with Gasteiger partial charge in [0.1, 0.15) is 0 Å². The summed E-state index contributed by atoms with van der Waals surface area (Å²) in [5.74, 6) is 0.928. The summed E-state index contributed by atoms with van der Waals surface area (Å²) in [7, 11) is 1.86. The second-order valence-corrected chi connectivity index (χ2v) is 5.19. The lowest BCUT2D eigenvalue weighted by molar-refractivity contribution is -0.384. The summed E-state index contributed by atoms with van der Waals surface area (Å²) in [5, 5.41) is 17.7. The Morgan fingerprint density at radius 1 is 1.55 bits per heavy atom. The van der Waals surface area contributed by atoms with Crippen LogP contribution < -0.4 is 5.32 Å². The number of nitro benzene ring substituents is 1. The molecule has 2 aromatic rings. The molecule has 0 fully saturated rings. The van der Waals surface area contributed by atoms with Crippen molar-refractivity contribution in [3.8, 4) is 11.5 Å². The van der Waals surface area contributed by atoms with Gasteiger partial charge in [-0.15, -0.1) is 0 Å². The lowest BCUT2D eigenvalue weighted by Gasteiger charge is -2.04. The van der Waals surface area contributed by atoms with Crippen molar-refractivity contribution in [1.29, 1.82) is 0 Å². The maximum atomic E-state index is 10.7. The summed E-state index contributed by atoms with van der Waals surface area (Å²) in [5.41, 5.74) is 0.635. The van der Waals surface area contributed by atoms with Gasteiger partial charge in [-0.25, -0.2) is 0 Å². The largest absolute Gasteiger partial charge is 0.334 e. The molecule has 106 valence electrons. The second-order valence-electron chi connectivity index (χ2n) is 4.33. The smallest absolute Gasteiger partial charge is 0.270 e. The molecule has 0 aliphatic heterocycles. The molecule has 0 aliphatic rings. The van der Waals surface area contributed by atoms with Crippen LogP contribution >= 0.6 is 15.9 Å². The first-order chi connectivity index (χ1) is 9.51. The van der Waals surface area contributed by atoms with E-state index in [-0.39, 0.29) is 11.7 Å². The van der Waals surface area contributed by atoms with Gasteiger partial charge in [-0.1, -0.05) is 5.16 Å². The van der Waals surface area contributed by atoms with E-state index in [1.165, 1.54) is 12.1 Å². The van der Waals surface area contributed by atoms with E-state index < -0.39 is 4.92 Å². The molecule has 0 bridgehead atoms. The van der Waals surface area contributed by atoms with E-state index in [1.54, 1.807) is 6.07 Å². The molecule has 0 amide bonds. The van der Waals surface area contributed by atoms with Crippen LogP contribution in [0, 0.1) is 10.1 Å². The first kappa shape index (κ1) is 14.6. The molecule has 7 nitrogen and oxygen atoms in total. The van der Waals surface area contributed by atoms with Crippen molar-refractivity contribution in [2.45, 2.75) is 19.4 Å². The summed E-state index contributed by atoms with van der Waals surface area (Å²) in [6.07, 6.45) is 0.643. The zero-order chi connectivity index (χ0) is 14.7. The number of likely N-dealkylation sites (N-methyl/N-ethyl adjacent to an activating group) is 1. The Kier molecular flexibility index (Phi) is 4.46. The minimum atomic E-state index is -0.456. The zero-order valence-corrected chi connectivity index (χ0v) is 12.5. The number of hydrogen-bond donors (Lipinski definition) is 1. The van der Waals surface area contributed by atoms with Gasteiger partial charge in [-0.2, -0.15) is 4.98 Å². The van der Waals surface area contributed by atoms with Crippen LogP contribution in [0.4, 0.5) is 5.69 Å². The third kappa shape index (κ3) is 3.20. The van der Waals surface area contributed by atoms with E-state index in [2.05, 4.69) is 31.4 Å². The van der Waals surface area contributed by atoms with Crippen molar-refractivity contribution in [1.82, 2.24) is 15.5 Å². The molecule has 20 heavy (non-hydrogen) atoms. The van der Waals surface area contributed by atoms with Gasteiger partial charge in [0.25, 0.3) is 11.6 Å². The van der Waals surface area contributed by atoms with Crippen LogP contribution in [0.15, 0.2) is 27.2 Å². The van der Waals surface area contributed by atoms with Gasteiger partial charge >= 0.3 is 0 Å². The molecule has 0 saturated carbocycles. The number of benzene rings is 1. The van der Waals surface area contributed by atoms with E-state index in [4.69, 9.17) is 4.52 Å². The topological polar surface area (TPSA) is 94.1 Å². The van der Waals surface area contributed by atoms with Crippen LogP contribution in [0.3, 0.4) is 0 Å². The van der Waals surface area contributed by atoms with Crippen molar-refractivity contribution >= 4 is 21.6 Å². The number of nitrogens with one attached hydrogen (secondary N) is 1. The lowest BCUT2D eigenvalue weighted by atomic mass is 10.2. The molecular weight excluding hydrogens is 328 g/mol. The second kappa shape index (κ2) is 6.10. The van der Waals surface area contributed by atoms with Crippen LogP contribution in [-0.2, 0) is 6.42 Å². The number of hydrogen-bond acceptors (Lipinski definition) is 6. The van der Waals surface area contributed by atoms with Gasteiger partial charge in [0.2, 0.25) is 0 Å². The van der Waals surface area contributed by atoms with Crippen molar-refractivity contribution in [3.63, 3.8) is 0 Å². The van der Waals surface area contributed by atoms with Crippen molar-refractivity contribution in [3.05, 3.63) is 38.6 Å².